The molecule has 0 spiro atoms. The van der Waals surface area contributed by atoms with Crippen molar-refractivity contribution in [2.45, 2.75) is 19.5 Å². The highest BCUT2D eigenvalue weighted by molar-refractivity contribution is 5.74. The van der Waals surface area contributed by atoms with Crippen molar-refractivity contribution >= 4 is 11.0 Å². The van der Waals surface area contributed by atoms with Gasteiger partial charge in [0, 0.05) is 6.54 Å². The molecule has 0 aliphatic carbocycles. The third-order valence-corrected chi connectivity index (χ3v) is 3.55. The quantitative estimate of drug-likeness (QED) is 0.563. The first-order valence-electron chi connectivity index (χ1n) is 6.70. The molecule has 0 fully saturated rings. The molecule has 0 aliphatic rings. The molecule has 4 nitrogen and oxygen atoms in total. The van der Waals surface area contributed by atoms with Gasteiger partial charge in [-0.15, -0.1) is 0 Å². The number of hydrazine groups is 1. The van der Waals surface area contributed by atoms with E-state index in [0.717, 1.165) is 17.6 Å². The Bertz CT molecular complexity index is 717. The van der Waals surface area contributed by atoms with E-state index in [0.29, 0.717) is 0 Å². The van der Waals surface area contributed by atoms with Crippen molar-refractivity contribution in [3.8, 4) is 0 Å². The first-order valence-corrected chi connectivity index (χ1v) is 6.70. The molecule has 0 saturated heterocycles. The fourth-order valence-electron chi connectivity index (χ4n) is 2.49. The number of rotatable bonds is 4. The highest BCUT2D eigenvalue weighted by Crippen LogP contribution is 2.19. The maximum Gasteiger partial charge on any atom is 0.0958 e. The molecule has 1 atom stereocenters. The number of nitrogens with two attached hydrogens (primary N) is 1. The standard InChI is InChI=1S/C16H18N4/c1-12-5-4-6-13(9-12)15(19-17)10-20-11-18-14-7-2-3-8-16(14)20/h2-9,11,15,19H,10,17H2,1H3. The summed E-state index contributed by atoms with van der Waals surface area (Å²) in [6.07, 6.45) is 1.87. The number of aryl methyl sites for hydroxylation is 1. The van der Waals surface area contributed by atoms with E-state index in [4.69, 9.17) is 5.84 Å². The lowest BCUT2D eigenvalue weighted by Crippen LogP contribution is -2.31. The third kappa shape index (κ3) is 2.43. The second-order valence-electron chi connectivity index (χ2n) is 5.02. The maximum atomic E-state index is 5.73. The number of aromatic nitrogens is 2. The molecule has 0 amide bonds. The minimum absolute atomic E-state index is 0.0625. The van der Waals surface area contributed by atoms with Crippen molar-refractivity contribution in [1.29, 1.82) is 0 Å². The lowest BCUT2D eigenvalue weighted by Gasteiger charge is -2.18. The Labute approximate surface area is 118 Å². The van der Waals surface area contributed by atoms with Gasteiger partial charge in [-0.3, -0.25) is 11.3 Å². The third-order valence-electron chi connectivity index (χ3n) is 3.55. The van der Waals surface area contributed by atoms with Gasteiger partial charge in [0.2, 0.25) is 0 Å². The van der Waals surface area contributed by atoms with Crippen LogP contribution >= 0.6 is 0 Å². The molecule has 3 rings (SSSR count). The molecular weight excluding hydrogens is 248 g/mol. The van der Waals surface area contributed by atoms with Gasteiger partial charge in [0.25, 0.3) is 0 Å². The van der Waals surface area contributed by atoms with Crippen molar-refractivity contribution in [1.82, 2.24) is 15.0 Å². The minimum atomic E-state index is 0.0625. The molecule has 1 unspecified atom stereocenters. The molecule has 1 aromatic heterocycles. The Morgan fingerprint density at radius 1 is 1.20 bits per heavy atom. The Morgan fingerprint density at radius 2 is 2.05 bits per heavy atom. The van der Waals surface area contributed by atoms with Crippen LogP contribution in [0.2, 0.25) is 0 Å². The fraction of sp³-hybridized carbons (Fsp3) is 0.188. The maximum absolute atomic E-state index is 5.73. The molecule has 0 bridgehead atoms. The predicted octanol–water partition coefficient (Wildman–Crippen LogP) is 2.55. The van der Waals surface area contributed by atoms with Crippen LogP contribution in [0, 0.1) is 6.92 Å². The van der Waals surface area contributed by atoms with Crippen molar-refractivity contribution in [2.75, 3.05) is 0 Å². The molecule has 0 radical (unpaired) electrons. The van der Waals surface area contributed by atoms with Gasteiger partial charge in [0.1, 0.15) is 0 Å². The van der Waals surface area contributed by atoms with E-state index >= 15 is 0 Å². The van der Waals surface area contributed by atoms with Crippen LogP contribution in [-0.4, -0.2) is 9.55 Å². The van der Waals surface area contributed by atoms with Crippen LogP contribution in [0.3, 0.4) is 0 Å². The zero-order chi connectivity index (χ0) is 13.9. The van der Waals surface area contributed by atoms with Crippen molar-refractivity contribution in [3.63, 3.8) is 0 Å². The molecule has 102 valence electrons. The second kappa shape index (κ2) is 5.45. The van der Waals surface area contributed by atoms with Gasteiger partial charge in [-0.1, -0.05) is 42.0 Å². The van der Waals surface area contributed by atoms with E-state index in [-0.39, 0.29) is 6.04 Å². The first kappa shape index (κ1) is 12.8. The smallest absolute Gasteiger partial charge is 0.0958 e. The Hall–Kier alpha value is -2.17. The minimum Gasteiger partial charge on any atom is -0.329 e. The zero-order valence-corrected chi connectivity index (χ0v) is 11.5. The number of nitrogens with one attached hydrogen (secondary N) is 1. The summed E-state index contributed by atoms with van der Waals surface area (Å²) < 4.78 is 2.13. The van der Waals surface area contributed by atoms with Crippen molar-refractivity contribution in [2.24, 2.45) is 5.84 Å². The summed E-state index contributed by atoms with van der Waals surface area (Å²) in [7, 11) is 0. The van der Waals surface area contributed by atoms with E-state index in [9.17, 15) is 0 Å². The van der Waals surface area contributed by atoms with Gasteiger partial charge in [-0.25, -0.2) is 4.98 Å². The van der Waals surface area contributed by atoms with Crippen molar-refractivity contribution in [3.05, 3.63) is 66.0 Å². The molecule has 3 aromatic rings. The largest absolute Gasteiger partial charge is 0.329 e. The summed E-state index contributed by atoms with van der Waals surface area (Å²) >= 11 is 0. The molecule has 3 N–H and O–H groups in total. The number of fused-ring (bicyclic) bond motifs is 1. The van der Waals surface area contributed by atoms with Gasteiger partial charge in [0.15, 0.2) is 0 Å². The fourth-order valence-corrected chi connectivity index (χ4v) is 2.49. The Kier molecular flexibility index (Phi) is 3.50. The van der Waals surface area contributed by atoms with Gasteiger partial charge < -0.3 is 4.57 Å². The SMILES string of the molecule is Cc1cccc(C(Cn2cnc3ccccc32)NN)c1. The predicted molar refractivity (Wildman–Crippen MR) is 81.0 cm³/mol. The lowest BCUT2D eigenvalue weighted by atomic mass is 10.0. The number of nitrogens with zero attached hydrogens (tertiary/aromatic N) is 2. The van der Waals surface area contributed by atoms with Gasteiger partial charge >= 0.3 is 0 Å². The second-order valence-corrected chi connectivity index (χ2v) is 5.02. The molecule has 4 heteroatoms. The van der Waals surface area contributed by atoms with E-state index in [1.54, 1.807) is 0 Å². The van der Waals surface area contributed by atoms with Crippen LogP contribution in [0.1, 0.15) is 17.2 Å². The van der Waals surface area contributed by atoms with Gasteiger partial charge in [-0.2, -0.15) is 0 Å². The van der Waals surface area contributed by atoms with E-state index in [1.165, 1.54) is 11.1 Å². The average Bonchev–Trinajstić information content (AvgIpc) is 2.88. The zero-order valence-electron chi connectivity index (χ0n) is 11.5. The number of hydrogen-bond acceptors (Lipinski definition) is 3. The number of para-hydroxylation sites is 2. The van der Waals surface area contributed by atoms with Crippen molar-refractivity contribution < 1.29 is 0 Å². The number of benzene rings is 2. The highest BCUT2D eigenvalue weighted by Gasteiger charge is 2.12. The summed E-state index contributed by atoms with van der Waals surface area (Å²) in [5, 5.41) is 0. The summed E-state index contributed by atoms with van der Waals surface area (Å²) in [5.41, 5.74) is 7.45. The van der Waals surface area contributed by atoms with Gasteiger partial charge in [-0.05, 0) is 24.6 Å². The first-order chi connectivity index (χ1) is 9.78. The number of imidazole rings is 1. The van der Waals surface area contributed by atoms with Crippen LogP contribution in [0.4, 0.5) is 0 Å². The van der Waals surface area contributed by atoms with E-state index in [1.807, 2.05) is 24.5 Å². The summed E-state index contributed by atoms with van der Waals surface area (Å²) in [5.74, 6) is 5.73. The summed E-state index contributed by atoms with van der Waals surface area (Å²) in [4.78, 5) is 4.41. The van der Waals surface area contributed by atoms with Gasteiger partial charge in [0.05, 0.1) is 23.4 Å². The van der Waals surface area contributed by atoms with E-state index in [2.05, 4.69) is 52.2 Å². The monoisotopic (exact) mass is 266 g/mol. The summed E-state index contributed by atoms with van der Waals surface area (Å²) in [6, 6.07) is 16.6. The molecule has 20 heavy (non-hydrogen) atoms. The molecule has 0 aliphatic heterocycles. The highest BCUT2D eigenvalue weighted by atomic mass is 15.2. The normalized spacial score (nSPS) is 12.7. The summed E-state index contributed by atoms with van der Waals surface area (Å²) in [6.45, 7) is 2.84. The Morgan fingerprint density at radius 3 is 2.85 bits per heavy atom. The number of hydrogen-bond donors (Lipinski definition) is 2. The van der Waals surface area contributed by atoms with Crippen LogP contribution in [0.25, 0.3) is 11.0 Å². The molecule has 2 aromatic carbocycles. The van der Waals surface area contributed by atoms with Crippen LogP contribution in [-0.2, 0) is 6.54 Å². The average molecular weight is 266 g/mol. The molecule has 0 saturated carbocycles. The molecule has 1 heterocycles. The molecular formula is C16H18N4. The van der Waals surface area contributed by atoms with Crippen LogP contribution in [0.5, 0.6) is 0 Å². The topological polar surface area (TPSA) is 55.9 Å². The Balaban J connectivity index is 1.92. The van der Waals surface area contributed by atoms with E-state index < -0.39 is 0 Å². The van der Waals surface area contributed by atoms with Crippen LogP contribution < -0.4 is 11.3 Å². The lowest BCUT2D eigenvalue weighted by molar-refractivity contribution is 0.481. The van der Waals surface area contributed by atoms with Crippen LogP contribution in [0.15, 0.2) is 54.9 Å².